The number of nitrogens with one attached hydrogen (secondary N) is 1. The van der Waals surface area contributed by atoms with E-state index in [0.717, 1.165) is 51.2 Å². The Balaban J connectivity index is 1.69. The van der Waals surface area contributed by atoms with E-state index >= 15 is 0 Å². The summed E-state index contributed by atoms with van der Waals surface area (Å²) in [6.07, 6.45) is 1.09. The maximum absolute atomic E-state index is 13.8. The molecule has 0 unspecified atom stereocenters. The van der Waals surface area contributed by atoms with E-state index in [0.29, 0.717) is 25.1 Å². The van der Waals surface area contributed by atoms with E-state index in [9.17, 15) is 13.6 Å². The summed E-state index contributed by atoms with van der Waals surface area (Å²) in [6.45, 7) is 1.09. The van der Waals surface area contributed by atoms with Gasteiger partial charge in [-0.15, -0.1) is 0 Å². The number of para-hydroxylation sites is 1. The predicted molar refractivity (Wildman–Crippen MR) is 116 cm³/mol. The van der Waals surface area contributed by atoms with Crippen molar-refractivity contribution in [3.05, 3.63) is 76.6 Å². The van der Waals surface area contributed by atoms with E-state index in [1.165, 1.54) is 6.07 Å². The molecule has 2 aromatic heterocycles. The Labute approximate surface area is 180 Å². The molecule has 7 heteroatoms. The molecule has 30 heavy (non-hydrogen) atoms. The molecule has 0 bridgehead atoms. The standard InChI is InChI=1S/C23H18BrF2N3O/c24-11-21(30)29-8-7-15-20(12-29)27-19(10-13-5-6-16(25)17(26)9-13)23-22(15)14-3-1-2-4-18(14)28-23/h1-6,9,28H,7-8,10-12H2. The molecule has 0 radical (unpaired) electrons. The molecular weight excluding hydrogens is 452 g/mol. The third kappa shape index (κ3) is 3.17. The average Bonchev–Trinajstić information content (AvgIpc) is 3.15. The number of fused-ring (bicyclic) bond motifs is 5. The van der Waals surface area contributed by atoms with E-state index in [1.807, 2.05) is 18.2 Å². The minimum Gasteiger partial charge on any atom is -0.353 e. The Kier molecular flexibility index (Phi) is 4.77. The fourth-order valence-corrected chi connectivity index (χ4v) is 4.63. The van der Waals surface area contributed by atoms with Crippen molar-refractivity contribution in [3.8, 4) is 0 Å². The first kappa shape index (κ1) is 19.2. The lowest BCUT2D eigenvalue weighted by atomic mass is 9.96. The number of benzene rings is 2. The van der Waals surface area contributed by atoms with Crippen molar-refractivity contribution in [2.24, 2.45) is 0 Å². The van der Waals surface area contributed by atoms with Crippen LogP contribution in [0.15, 0.2) is 42.5 Å². The molecular formula is C23H18BrF2N3O. The molecule has 0 atom stereocenters. The first-order chi connectivity index (χ1) is 14.5. The molecule has 4 aromatic rings. The largest absolute Gasteiger partial charge is 0.353 e. The van der Waals surface area contributed by atoms with Crippen LogP contribution in [0.4, 0.5) is 8.78 Å². The zero-order valence-electron chi connectivity index (χ0n) is 16.0. The minimum absolute atomic E-state index is 0.0311. The van der Waals surface area contributed by atoms with Gasteiger partial charge >= 0.3 is 0 Å². The van der Waals surface area contributed by atoms with Gasteiger partial charge in [0.2, 0.25) is 5.91 Å². The molecule has 1 N–H and O–H groups in total. The minimum atomic E-state index is -0.868. The van der Waals surface area contributed by atoms with Crippen LogP contribution in [0.25, 0.3) is 21.8 Å². The van der Waals surface area contributed by atoms with E-state index in [1.54, 1.807) is 11.0 Å². The van der Waals surface area contributed by atoms with Crippen molar-refractivity contribution >= 4 is 43.6 Å². The number of hydrogen-bond donors (Lipinski definition) is 1. The predicted octanol–water partition coefficient (Wildman–Crippen LogP) is 4.86. The number of pyridine rings is 1. The summed E-state index contributed by atoms with van der Waals surface area (Å²) in [5, 5.41) is 2.50. The van der Waals surface area contributed by atoms with Crippen molar-refractivity contribution < 1.29 is 13.6 Å². The van der Waals surface area contributed by atoms with Crippen LogP contribution in [0.2, 0.25) is 0 Å². The van der Waals surface area contributed by atoms with Gasteiger partial charge in [-0.25, -0.2) is 8.78 Å². The van der Waals surface area contributed by atoms with Crippen LogP contribution in [0.1, 0.15) is 22.5 Å². The summed E-state index contributed by atoms with van der Waals surface area (Å²) in [4.78, 5) is 22.4. The highest BCUT2D eigenvalue weighted by atomic mass is 79.9. The molecule has 0 saturated heterocycles. The van der Waals surface area contributed by atoms with E-state index in [-0.39, 0.29) is 11.2 Å². The second kappa shape index (κ2) is 7.47. The topological polar surface area (TPSA) is 49.0 Å². The van der Waals surface area contributed by atoms with Crippen LogP contribution in [0, 0.1) is 11.6 Å². The fourth-order valence-electron chi connectivity index (χ4n) is 4.28. The van der Waals surface area contributed by atoms with Crippen molar-refractivity contribution in [2.75, 3.05) is 11.9 Å². The number of hydrogen-bond acceptors (Lipinski definition) is 2. The van der Waals surface area contributed by atoms with Gasteiger partial charge < -0.3 is 9.88 Å². The molecule has 1 aliphatic heterocycles. The van der Waals surface area contributed by atoms with E-state index in [4.69, 9.17) is 4.98 Å². The molecule has 4 nitrogen and oxygen atoms in total. The molecule has 1 amide bonds. The number of aromatic nitrogens is 2. The summed E-state index contributed by atoms with van der Waals surface area (Å²) in [5.74, 6) is -1.70. The molecule has 0 spiro atoms. The Morgan fingerprint density at radius 3 is 2.80 bits per heavy atom. The van der Waals surface area contributed by atoms with Gasteiger partial charge in [-0.3, -0.25) is 9.78 Å². The maximum atomic E-state index is 13.8. The molecule has 3 heterocycles. The van der Waals surface area contributed by atoms with Crippen LogP contribution in [-0.4, -0.2) is 32.6 Å². The Bertz CT molecular complexity index is 1300. The fraction of sp³-hybridized carbons (Fsp3) is 0.217. The molecule has 1 aliphatic rings. The third-order valence-corrected chi connectivity index (χ3v) is 6.19. The Hall–Kier alpha value is -2.80. The summed E-state index contributed by atoms with van der Waals surface area (Å²) >= 11 is 3.24. The van der Waals surface area contributed by atoms with Crippen LogP contribution in [0.3, 0.4) is 0 Å². The first-order valence-electron chi connectivity index (χ1n) is 9.74. The van der Waals surface area contributed by atoms with Gasteiger partial charge in [0, 0.05) is 29.3 Å². The van der Waals surface area contributed by atoms with Gasteiger partial charge in [0.05, 0.1) is 28.8 Å². The molecule has 0 fully saturated rings. The lowest BCUT2D eigenvalue weighted by Gasteiger charge is -2.28. The van der Waals surface area contributed by atoms with Gasteiger partial charge in [0.1, 0.15) is 0 Å². The van der Waals surface area contributed by atoms with Crippen molar-refractivity contribution in [1.29, 1.82) is 0 Å². The number of carbonyl (C=O) groups excluding carboxylic acids is 1. The second-order valence-corrected chi connectivity index (χ2v) is 8.09. The average molecular weight is 470 g/mol. The zero-order valence-corrected chi connectivity index (χ0v) is 17.6. The summed E-state index contributed by atoms with van der Waals surface area (Å²) in [6, 6.07) is 12.0. The zero-order chi connectivity index (χ0) is 20.8. The third-order valence-electron chi connectivity index (χ3n) is 5.71. The van der Waals surface area contributed by atoms with Crippen LogP contribution in [0.5, 0.6) is 0 Å². The van der Waals surface area contributed by atoms with Gasteiger partial charge in [-0.05, 0) is 35.7 Å². The molecule has 0 saturated carbocycles. The number of rotatable bonds is 3. The lowest BCUT2D eigenvalue weighted by Crippen LogP contribution is -2.37. The van der Waals surface area contributed by atoms with Crippen LogP contribution >= 0.6 is 15.9 Å². The lowest BCUT2D eigenvalue weighted by molar-refractivity contribution is -0.129. The monoisotopic (exact) mass is 469 g/mol. The number of amides is 1. The summed E-state index contributed by atoms with van der Waals surface area (Å²) in [5.41, 5.74) is 5.35. The van der Waals surface area contributed by atoms with Gasteiger partial charge in [0.15, 0.2) is 11.6 Å². The number of alkyl halides is 1. The van der Waals surface area contributed by atoms with Crippen LogP contribution in [-0.2, 0) is 24.2 Å². The van der Waals surface area contributed by atoms with Crippen LogP contribution < -0.4 is 0 Å². The highest BCUT2D eigenvalue weighted by Gasteiger charge is 2.26. The molecule has 0 aliphatic carbocycles. The number of carbonyl (C=O) groups is 1. The molecule has 2 aromatic carbocycles. The summed E-state index contributed by atoms with van der Waals surface area (Å²) in [7, 11) is 0. The van der Waals surface area contributed by atoms with Crippen molar-refractivity contribution in [2.45, 2.75) is 19.4 Å². The van der Waals surface area contributed by atoms with Gasteiger partial charge in [0.25, 0.3) is 0 Å². The molecule has 5 rings (SSSR count). The quantitative estimate of drug-likeness (QED) is 0.435. The smallest absolute Gasteiger partial charge is 0.233 e. The Morgan fingerprint density at radius 1 is 1.17 bits per heavy atom. The molecule has 152 valence electrons. The number of aromatic amines is 1. The van der Waals surface area contributed by atoms with Gasteiger partial charge in [-0.1, -0.05) is 40.2 Å². The van der Waals surface area contributed by atoms with Crippen molar-refractivity contribution in [1.82, 2.24) is 14.9 Å². The van der Waals surface area contributed by atoms with Crippen molar-refractivity contribution in [3.63, 3.8) is 0 Å². The van der Waals surface area contributed by atoms with Gasteiger partial charge in [-0.2, -0.15) is 0 Å². The van der Waals surface area contributed by atoms with E-state index < -0.39 is 11.6 Å². The summed E-state index contributed by atoms with van der Waals surface area (Å²) < 4.78 is 27.1. The van der Waals surface area contributed by atoms with E-state index in [2.05, 4.69) is 27.0 Å². The highest BCUT2D eigenvalue weighted by molar-refractivity contribution is 9.09. The normalized spacial score (nSPS) is 13.8. The number of nitrogens with zero attached hydrogens (tertiary/aromatic N) is 2. The highest BCUT2D eigenvalue weighted by Crippen LogP contribution is 2.35. The number of H-pyrrole nitrogens is 1. The SMILES string of the molecule is O=C(CBr)N1CCc2c(nc(Cc3ccc(F)c(F)c3)c3[nH]c4ccccc4c23)C1. The second-order valence-electron chi connectivity index (χ2n) is 7.53. The Morgan fingerprint density at radius 2 is 2.00 bits per heavy atom. The first-order valence-corrected chi connectivity index (χ1v) is 10.9. The number of halogens is 3. The maximum Gasteiger partial charge on any atom is 0.233 e.